The van der Waals surface area contributed by atoms with Crippen LogP contribution in [0.25, 0.3) is 0 Å². The molecule has 9 heteroatoms. The van der Waals surface area contributed by atoms with Gasteiger partial charge in [0.1, 0.15) is 0 Å². The zero-order chi connectivity index (χ0) is 15.5. The predicted octanol–water partition coefficient (Wildman–Crippen LogP) is 2.13. The Hall–Kier alpha value is -1.87. The second-order valence-corrected chi connectivity index (χ2v) is 7.02. The SMILES string of the molecule is COc1cc(S(=O)(=O)Nc2ncccc2OC(C)C)sn1. The number of aromatic nitrogens is 2. The lowest BCUT2D eigenvalue weighted by atomic mass is 10.4. The highest BCUT2D eigenvalue weighted by atomic mass is 32.2. The Morgan fingerprint density at radius 2 is 2.14 bits per heavy atom. The molecule has 0 saturated carbocycles. The number of pyridine rings is 1. The minimum atomic E-state index is -3.78. The zero-order valence-electron chi connectivity index (χ0n) is 11.7. The quantitative estimate of drug-likeness (QED) is 0.873. The molecule has 0 spiro atoms. The molecule has 0 aliphatic carbocycles. The molecular formula is C12H15N3O4S2. The van der Waals surface area contributed by atoms with E-state index in [1.807, 2.05) is 13.8 Å². The second-order valence-electron chi connectivity index (χ2n) is 4.31. The van der Waals surface area contributed by atoms with Crippen LogP contribution in [-0.2, 0) is 10.0 Å². The molecule has 0 saturated heterocycles. The van der Waals surface area contributed by atoms with Crippen LogP contribution in [0.4, 0.5) is 5.82 Å². The molecule has 2 aromatic heterocycles. The fraction of sp³-hybridized carbons (Fsp3) is 0.333. The normalized spacial score (nSPS) is 11.4. The maximum absolute atomic E-state index is 12.3. The second kappa shape index (κ2) is 6.27. The first-order chi connectivity index (χ1) is 9.92. The van der Waals surface area contributed by atoms with Gasteiger partial charge in [0.05, 0.1) is 13.2 Å². The molecule has 0 bridgehead atoms. The molecule has 0 atom stereocenters. The lowest BCUT2D eigenvalue weighted by Crippen LogP contribution is -2.15. The van der Waals surface area contributed by atoms with Crippen molar-refractivity contribution < 1.29 is 17.9 Å². The Kier molecular flexibility index (Phi) is 4.63. The van der Waals surface area contributed by atoms with E-state index in [0.29, 0.717) is 5.75 Å². The van der Waals surface area contributed by atoms with Crippen molar-refractivity contribution in [2.75, 3.05) is 11.8 Å². The maximum atomic E-state index is 12.3. The summed E-state index contributed by atoms with van der Waals surface area (Å²) in [5, 5.41) is 0. The Morgan fingerprint density at radius 1 is 1.38 bits per heavy atom. The number of nitrogens with one attached hydrogen (secondary N) is 1. The summed E-state index contributed by atoms with van der Waals surface area (Å²) in [4.78, 5) is 4.01. The summed E-state index contributed by atoms with van der Waals surface area (Å²) in [6, 6.07) is 4.67. The van der Waals surface area contributed by atoms with E-state index < -0.39 is 10.0 Å². The van der Waals surface area contributed by atoms with Crippen molar-refractivity contribution >= 4 is 27.4 Å². The van der Waals surface area contributed by atoms with Gasteiger partial charge >= 0.3 is 0 Å². The Bertz CT molecular complexity index is 713. The van der Waals surface area contributed by atoms with Gasteiger partial charge in [0.25, 0.3) is 10.0 Å². The average molecular weight is 329 g/mol. The molecule has 0 amide bonds. The van der Waals surface area contributed by atoms with E-state index in [0.717, 1.165) is 11.5 Å². The van der Waals surface area contributed by atoms with E-state index in [4.69, 9.17) is 9.47 Å². The number of rotatable bonds is 6. The van der Waals surface area contributed by atoms with Crippen LogP contribution in [0, 0.1) is 0 Å². The van der Waals surface area contributed by atoms with Gasteiger partial charge in [0.15, 0.2) is 15.8 Å². The molecular weight excluding hydrogens is 314 g/mol. The molecule has 0 aromatic carbocycles. The third kappa shape index (κ3) is 3.82. The van der Waals surface area contributed by atoms with E-state index in [1.54, 1.807) is 12.1 Å². The topological polar surface area (TPSA) is 90.4 Å². The molecule has 114 valence electrons. The van der Waals surface area contributed by atoms with Gasteiger partial charge in [-0.1, -0.05) is 0 Å². The van der Waals surface area contributed by atoms with Gasteiger partial charge in [-0.25, -0.2) is 13.4 Å². The Balaban J connectivity index is 2.28. The van der Waals surface area contributed by atoms with Crippen LogP contribution in [0.3, 0.4) is 0 Å². The van der Waals surface area contributed by atoms with E-state index in [9.17, 15) is 8.42 Å². The Morgan fingerprint density at radius 3 is 2.76 bits per heavy atom. The fourth-order valence-corrected chi connectivity index (χ4v) is 3.31. The molecule has 0 unspecified atom stereocenters. The highest BCUT2D eigenvalue weighted by Crippen LogP contribution is 2.27. The summed E-state index contributed by atoms with van der Waals surface area (Å²) in [6.45, 7) is 3.69. The standard InChI is InChI=1S/C12H15N3O4S2/c1-8(2)19-9-5-4-6-13-12(9)15-21(16,17)11-7-10(18-3)14-20-11/h4-8H,1-3H3,(H,13,15). The van der Waals surface area contributed by atoms with Gasteiger partial charge in [-0.15, -0.1) is 0 Å². The van der Waals surface area contributed by atoms with Crippen molar-refractivity contribution in [3.8, 4) is 11.6 Å². The number of nitrogens with zero attached hydrogens (tertiary/aromatic N) is 2. The molecule has 21 heavy (non-hydrogen) atoms. The molecule has 0 aliphatic rings. The van der Waals surface area contributed by atoms with Gasteiger partial charge in [-0.05, 0) is 37.5 Å². The third-order valence-electron chi connectivity index (χ3n) is 2.31. The molecule has 7 nitrogen and oxygen atoms in total. The number of hydrogen-bond donors (Lipinski definition) is 1. The van der Waals surface area contributed by atoms with E-state index in [1.165, 1.54) is 19.4 Å². The van der Waals surface area contributed by atoms with Crippen LogP contribution >= 0.6 is 11.5 Å². The first kappa shape index (κ1) is 15.5. The molecule has 0 aliphatic heterocycles. The van der Waals surface area contributed by atoms with Gasteiger partial charge in [0, 0.05) is 12.3 Å². The van der Waals surface area contributed by atoms with Crippen LogP contribution in [0.5, 0.6) is 11.6 Å². The summed E-state index contributed by atoms with van der Waals surface area (Å²) < 4.78 is 41.3. The lowest BCUT2D eigenvalue weighted by molar-refractivity contribution is 0.243. The van der Waals surface area contributed by atoms with Gasteiger partial charge in [-0.2, -0.15) is 4.37 Å². The summed E-state index contributed by atoms with van der Waals surface area (Å²) >= 11 is 0.826. The first-order valence-electron chi connectivity index (χ1n) is 6.07. The molecule has 2 aromatic rings. The predicted molar refractivity (Wildman–Crippen MR) is 79.5 cm³/mol. The molecule has 1 N–H and O–H groups in total. The number of anilines is 1. The van der Waals surface area contributed by atoms with Gasteiger partial charge in [-0.3, -0.25) is 4.72 Å². The maximum Gasteiger partial charge on any atom is 0.274 e. The fourth-order valence-electron chi connectivity index (χ4n) is 1.46. The largest absolute Gasteiger partial charge is 0.487 e. The summed E-state index contributed by atoms with van der Waals surface area (Å²) in [6.07, 6.45) is 1.39. The summed E-state index contributed by atoms with van der Waals surface area (Å²) in [7, 11) is -2.35. The van der Waals surface area contributed by atoms with E-state index >= 15 is 0 Å². The minimum absolute atomic E-state index is 0.0421. The lowest BCUT2D eigenvalue weighted by Gasteiger charge is -2.13. The number of sulfonamides is 1. The van der Waals surface area contributed by atoms with Crippen LogP contribution in [-0.4, -0.2) is 31.0 Å². The number of ether oxygens (including phenoxy) is 2. The van der Waals surface area contributed by atoms with Gasteiger partial charge < -0.3 is 9.47 Å². The minimum Gasteiger partial charge on any atom is -0.487 e. The highest BCUT2D eigenvalue weighted by molar-refractivity contribution is 7.94. The summed E-state index contributed by atoms with van der Waals surface area (Å²) in [5.41, 5.74) is 0. The van der Waals surface area contributed by atoms with Gasteiger partial charge in [0.2, 0.25) is 5.88 Å². The van der Waals surface area contributed by atoms with Crippen molar-refractivity contribution in [3.63, 3.8) is 0 Å². The van der Waals surface area contributed by atoms with Crippen molar-refractivity contribution in [2.24, 2.45) is 0 Å². The van der Waals surface area contributed by atoms with Crippen LogP contribution in [0.15, 0.2) is 28.6 Å². The number of hydrogen-bond acceptors (Lipinski definition) is 7. The first-order valence-corrected chi connectivity index (χ1v) is 8.33. The summed E-state index contributed by atoms with van der Waals surface area (Å²) in [5.74, 6) is 0.756. The third-order valence-corrected chi connectivity index (χ3v) is 4.87. The number of methoxy groups -OCH3 is 1. The van der Waals surface area contributed by atoms with Crippen molar-refractivity contribution in [3.05, 3.63) is 24.4 Å². The molecule has 0 fully saturated rings. The van der Waals surface area contributed by atoms with E-state index in [2.05, 4.69) is 14.1 Å². The van der Waals surface area contributed by atoms with E-state index in [-0.39, 0.29) is 22.0 Å². The van der Waals surface area contributed by atoms with Crippen molar-refractivity contribution in [1.82, 2.24) is 9.36 Å². The van der Waals surface area contributed by atoms with Crippen LogP contribution in [0.1, 0.15) is 13.8 Å². The molecule has 2 rings (SSSR count). The molecule has 2 heterocycles. The monoisotopic (exact) mass is 329 g/mol. The zero-order valence-corrected chi connectivity index (χ0v) is 13.4. The Labute approximate surface area is 127 Å². The average Bonchev–Trinajstić information content (AvgIpc) is 2.90. The highest BCUT2D eigenvalue weighted by Gasteiger charge is 2.21. The smallest absolute Gasteiger partial charge is 0.274 e. The van der Waals surface area contributed by atoms with Crippen molar-refractivity contribution in [1.29, 1.82) is 0 Å². The van der Waals surface area contributed by atoms with Crippen LogP contribution in [0.2, 0.25) is 0 Å². The van der Waals surface area contributed by atoms with Crippen molar-refractivity contribution in [2.45, 2.75) is 24.2 Å². The molecule has 0 radical (unpaired) electrons. The van der Waals surface area contributed by atoms with Crippen LogP contribution < -0.4 is 14.2 Å².